The average molecular weight is 495 g/mol. The zero-order valence-electron chi connectivity index (χ0n) is 17.8. The first-order chi connectivity index (χ1) is 15.7. The Hall–Kier alpha value is -2.83. The maximum Gasteiger partial charge on any atom is 0.258 e. The molecule has 1 fully saturated rings. The third-order valence-electron chi connectivity index (χ3n) is 5.25. The topological polar surface area (TPSA) is 96.6 Å². The van der Waals surface area contributed by atoms with Gasteiger partial charge in [-0.1, -0.05) is 6.07 Å². The van der Waals surface area contributed by atoms with Crippen molar-refractivity contribution in [2.45, 2.75) is 16.8 Å². The fourth-order valence-corrected chi connectivity index (χ4v) is 5.75. The summed E-state index contributed by atoms with van der Waals surface area (Å²) in [5, 5.41) is 0.474. The number of piperazine rings is 1. The number of aryl methyl sites for hydroxylation is 1. The number of carbonyl (C=O) groups excluding carboxylic acids is 1. The fraction of sp³-hybridized carbons (Fsp3) is 0.286. The van der Waals surface area contributed by atoms with Crippen molar-refractivity contribution in [2.75, 3.05) is 32.4 Å². The van der Waals surface area contributed by atoms with Crippen LogP contribution in [0, 0.1) is 18.6 Å². The molecule has 0 saturated carbocycles. The first-order valence-electron chi connectivity index (χ1n) is 9.94. The first-order valence-corrected chi connectivity index (χ1v) is 12.6. The average Bonchev–Trinajstić information content (AvgIpc) is 3.33. The van der Waals surface area contributed by atoms with Gasteiger partial charge in [0, 0.05) is 26.2 Å². The summed E-state index contributed by atoms with van der Waals surface area (Å²) in [5.41, 5.74) is 0.795. The summed E-state index contributed by atoms with van der Waals surface area (Å²) in [6, 6.07) is 6.33. The van der Waals surface area contributed by atoms with E-state index < -0.39 is 26.6 Å². The zero-order chi connectivity index (χ0) is 23.8. The molecule has 4 rings (SSSR count). The molecule has 0 bridgehead atoms. The van der Waals surface area contributed by atoms with Crippen molar-refractivity contribution in [3.8, 4) is 11.6 Å². The molecule has 12 heteroatoms. The summed E-state index contributed by atoms with van der Waals surface area (Å²) in [5.74, 6) is -1.80. The van der Waals surface area contributed by atoms with Crippen LogP contribution < -0.4 is 0 Å². The van der Waals surface area contributed by atoms with Gasteiger partial charge < -0.3 is 9.32 Å². The van der Waals surface area contributed by atoms with Gasteiger partial charge in [-0.25, -0.2) is 27.2 Å². The molecule has 174 valence electrons. The van der Waals surface area contributed by atoms with E-state index in [0.717, 1.165) is 22.5 Å². The predicted octanol–water partition coefficient (Wildman–Crippen LogP) is 3.19. The number of hydrogen-bond acceptors (Lipinski definition) is 7. The Morgan fingerprint density at radius 3 is 2.30 bits per heavy atom. The molecule has 1 aliphatic heterocycles. The molecule has 0 aliphatic carbocycles. The number of benzene rings is 1. The van der Waals surface area contributed by atoms with Gasteiger partial charge in [-0.05, 0) is 37.4 Å². The lowest BCUT2D eigenvalue weighted by Crippen LogP contribution is -2.51. The van der Waals surface area contributed by atoms with Crippen LogP contribution in [-0.4, -0.2) is 65.9 Å². The Morgan fingerprint density at radius 1 is 1.06 bits per heavy atom. The monoisotopic (exact) mass is 494 g/mol. The van der Waals surface area contributed by atoms with E-state index in [1.165, 1.54) is 22.9 Å². The van der Waals surface area contributed by atoms with Crippen molar-refractivity contribution >= 4 is 27.7 Å². The second-order valence-electron chi connectivity index (χ2n) is 7.24. The van der Waals surface area contributed by atoms with Gasteiger partial charge in [-0.3, -0.25) is 4.79 Å². The van der Waals surface area contributed by atoms with Crippen LogP contribution in [0.4, 0.5) is 8.78 Å². The van der Waals surface area contributed by atoms with Gasteiger partial charge >= 0.3 is 0 Å². The van der Waals surface area contributed by atoms with E-state index in [9.17, 15) is 22.0 Å². The number of thioether (sulfide) groups is 1. The molecular formula is C21H20F2N4O4S2. The number of amides is 1. The SMILES string of the molecule is CSc1nc(-c2ccco2)nc(C)c1C(=O)N1CCN(S(=O)(=O)c2c(F)cccc2F)CC1. The third kappa shape index (κ3) is 4.37. The number of carbonyl (C=O) groups is 1. The largest absolute Gasteiger partial charge is 0.461 e. The van der Waals surface area contributed by atoms with Crippen LogP contribution in [0.25, 0.3) is 11.6 Å². The van der Waals surface area contributed by atoms with Crippen molar-refractivity contribution < 1.29 is 26.4 Å². The summed E-state index contributed by atoms with van der Waals surface area (Å²) < 4.78 is 60.0. The molecule has 1 amide bonds. The molecule has 1 aromatic carbocycles. The Balaban J connectivity index is 1.54. The number of nitrogens with zero attached hydrogens (tertiary/aromatic N) is 4. The molecule has 33 heavy (non-hydrogen) atoms. The Labute approximate surface area is 193 Å². The fourth-order valence-electron chi connectivity index (χ4n) is 3.60. The first kappa shape index (κ1) is 23.3. The lowest BCUT2D eigenvalue weighted by molar-refractivity contribution is 0.0691. The molecule has 1 aliphatic rings. The van der Waals surface area contributed by atoms with Crippen LogP contribution >= 0.6 is 11.8 Å². The Bertz CT molecular complexity index is 1270. The number of halogens is 2. The van der Waals surface area contributed by atoms with E-state index in [1.54, 1.807) is 25.3 Å². The maximum absolute atomic E-state index is 14.1. The van der Waals surface area contributed by atoms with Gasteiger partial charge in [0.25, 0.3) is 5.91 Å². The van der Waals surface area contributed by atoms with Crippen LogP contribution in [0.15, 0.2) is 50.9 Å². The van der Waals surface area contributed by atoms with Crippen LogP contribution in [0.5, 0.6) is 0 Å². The predicted molar refractivity (Wildman–Crippen MR) is 117 cm³/mol. The van der Waals surface area contributed by atoms with Gasteiger partial charge in [0.15, 0.2) is 16.5 Å². The summed E-state index contributed by atoms with van der Waals surface area (Å²) in [7, 11) is -4.38. The Kier molecular flexibility index (Phi) is 6.50. The van der Waals surface area contributed by atoms with Crippen molar-refractivity contribution in [1.29, 1.82) is 0 Å². The van der Waals surface area contributed by atoms with Crippen LogP contribution in [-0.2, 0) is 10.0 Å². The molecule has 0 atom stereocenters. The summed E-state index contributed by atoms with van der Waals surface area (Å²) in [6.07, 6.45) is 3.30. The van der Waals surface area contributed by atoms with Crippen LogP contribution in [0.3, 0.4) is 0 Å². The highest BCUT2D eigenvalue weighted by Crippen LogP contribution is 2.28. The van der Waals surface area contributed by atoms with Gasteiger partial charge in [-0.15, -0.1) is 11.8 Å². The molecule has 1 saturated heterocycles. The van der Waals surface area contributed by atoms with Crippen molar-refractivity contribution in [3.05, 3.63) is 59.5 Å². The van der Waals surface area contributed by atoms with Crippen LogP contribution in [0.2, 0.25) is 0 Å². The molecule has 0 spiro atoms. The molecule has 0 unspecified atom stereocenters. The minimum Gasteiger partial charge on any atom is -0.461 e. The number of sulfonamides is 1. The molecule has 0 N–H and O–H groups in total. The van der Waals surface area contributed by atoms with E-state index in [-0.39, 0.29) is 32.1 Å². The van der Waals surface area contributed by atoms with Gasteiger partial charge in [0.1, 0.15) is 16.7 Å². The summed E-state index contributed by atoms with van der Waals surface area (Å²) in [6.45, 7) is 1.62. The summed E-state index contributed by atoms with van der Waals surface area (Å²) >= 11 is 1.29. The number of hydrogen-bond donors (Lipinski definition) is 0. The highest BCUT2D eigenvalue weighted by atomic mass is 32.2. The van der Waals surface area contributed by atoms with E-state index >= 15 is 0 Å². The number of rotatable bonds is 5. The maximum atomic E-state index is 14.1. The van der Waals surface area contributed by atoms with Gasteiger partial charge in [-0.2, -0.15) is 4.31 Å². The second-order valence-corrected chi connectivity index (χ2v) is 9.91. The van der Waals surface area contributed by atoms with E-state index in [2.05, 4.69) is 9.97 Å². The van der Waals surface area contributed by atoms with E-state index in [1.807, 2.05) is 0 Å². The second kappa shape index (κ2) is 9.20. The molecule has 2 aromatic heterocycles. The summed E-state index contributed by atoms with van der Waals surface area (Å²) in [4.78, 5) is 22.6. The highest BCUT2D eigenvalue weighted by molar-refractivity contribution is 7.98. The number of aromatic nitrogens is 2. The van der Waals surface area contributed by atoms with Crippen molar-refractivity contribution in [2.24, 2.45) is 0 Å². The van der Waals surface area contributed by atoms with Gasteiger partial charge in [0.2, 0.25) is 10.0 Å². The third-order valence-corrected chi connectivity index (χ3v) is 7.88. The standard InChI is InChI=1S/C21H20F2N4O4S2/c1-13-17(20(32-2)25-19(24-13)16-7-4-12-31-16)21(28)26-8-10-27(11-9-26)33(29,30)18-14(22)5-3-6-15(18)23/h3-7,12H,8-11H2,1-2H3. The molecule has 3 heterocycles. The quantitative estimate of drug-likeness (QED) is 0.397. The van der Waals surface area contributed by atoms with Gasteiger partial charge in [0.05, 0.1) is 17.5 Å². The normalized spacial score (nSPS) is 15.1. The lowest BCUT2D eigenvalue weighted by atomic mass is 10.2. The Morgan fingerprint density at radius 2 is 1.73 bits per heavy atom. The zero-order valence-corrected chi connectivity index (χ0v) is 19.4. The molecular weight excluding hydrogens is 474 g/mol. The number of furan rings is 1. The highest BCUT2D eigenvalue weighted by Gasteiger charge is 2.35. The van der Waals surface area contributed by atoms with Crippen molar-refractivity contribution in [3.63, 3.8) is 0 Å². The van der Waals surface area contributed by atoms with Crippen molar-refractivity contribution in [1.82, 2.24) is 19.2 Å². The van der Waals surface area contributed by atoms with Crippen LogP contribution in [0.1, 0.15) is 16.1 Å². The molecule has 8 nitrogen and oxygen atoms in total. The van der Waals surface area contributed by atoms with E-state index in [4.69, 9.17) is 4.42 Å². The lowest BCUT2D eigenvalue weighted by Gasteiger charge is -2.34. The van der Waals surface area contributed by atoms with E-state index in [0.29, 0.717) is 27.9 Å². The minimum absolute atomic E-state index is 0.0569. The minimum atomic E-state index is -4.38. The smallest absolute Gasteiger partial charge is 0.258 e. The molecule has 3 aromatic rings. The molecule has 0 radical (unpaired) electrons.